The van der Waals surface area contributed by atoms with Crippen LogP contribution < -0.4 is 21.3 Å². The molecule has 0 aromatic heterocycles. The molecule has 1 aromatic rings. The van der Waals surface area contributed by atoms with Crippen molar-refractivity contribution in [1.82, 2.24) is 21.3 Å². The van der Waals surface area contributed by atoms with E-state index < -0.39 is 30.1 Å². The number of hydrogen-bond acceptors (Lipinski definition) is 7. The molecule has 1 aromatic carbocycles. The summed E-state index contributed by atoms with van der Waals surface area (Å²) in [6.45, 7) is 4.84. The Bertz CT molecular complexity index is 811. The monoisotopic (exact) mass is 476 g/mol. The second kappa shape index (κ2) is 14.2. The van der Waals surface area contributed by atoms with Gasteiger partial charge in [0.25, 0.3) is 0 Å². The summed E-state index contributed by atoms with van der Waals surface area (Å²) in [5.41, 5.74) is 0.877. The summed E-state index contributed by atoms with van der Waals surface area (Å²) in [6.07, 6.45) is 1.73. The minimum absolute atomic E-state index is 0.159. The summed E-state index contributed by atoms with van der Waals surface area (Å²) < 4.78 is 9.97. The van der Waals surface area contributed by atoms with Crippen LogP contribution in [-0.2, 0) is 30.5 Å². The fourth-order valence-corrected chi connectivity index (χ4v) is 3.62. The second-order valence-electron chi connectivity index (χ2n) is 8.59. The van der Waals surface area contributed by atoms with Crippen LogP contribution in [0.5, 0.6) is 0 Å². The Morgan fingerprint density at radius 2 is 1.85 bits per heavy atom. The molecule has 10 nitrogen and oxygen atoms in total. The van der Waals surface area contributed by atoms with Gasteiger partial charge in [0.2, 0.25) is 11.8 Å². The molecule has 1 fully saturated rings. The van der Waals surface area contributed by atoms with Gasteiger partial charge in [-0.1, -0.05) is 44.2 Å². The van der Waals surface area contributed by atoms with Gasteiger partial charge < -0.3 is 30.7 Å². The first-order valence-electron chi connectivity index (χ1n) is 11.7. The molecule has 3 atom stereocenters. The maximum atomic E-state index is 12.9. The maximum Gasteiger partial charge on any atom is 0.407 e. The van der Waals surface area contributed by atoms with E-state index in [1.807, 2.05) is 44.2 Å². The molecule has 1 saturated heterocycles. The standard InChI is InChI=1S/C24H36N4O6/c1-16(2)20(28-21(29)18-11-7-13-25-18)22(30)27-19(23(31)33-3)12-8-14-26-24(32)34-15-17-9-5-4-6-10-17/h4-6,9-10,16,18-20,25H,7-8,11-15H2,1-3H3,(H,26,32)(H,27,30)(H,28,29)/t18-,19-,20-/m0/s1. The Morgan fingerprint density at radius 1 is 1.12 bits per heavy atom. The summed E-state index contributed by atoms with van der Waals surface area (Å²) in [6, 6.07) is 7.32. The van der Waals surface area contributed by atoms with Gasteiger partial charge in [0.15, 0.2) is 0 Å². The van der Waals surface area contributed by atoms with Crippen molar-refractivity contribution in [2.24, 2.45) is 5.92 Å². The highest BCUT2D eigenvalue weighted by atomic mass is 16.5. The molecule has 4 N–H and O–H groups in total. The highest BCUT2D eigenvalue weighted by Gasteiger charge is 2.31. The molecule has 0 aliphatic carbocycles. The molecule has 0 spiro atoms. The Kier molecular flexibility index (Phi) is 11.3. The molecule has 1 aliphatic rings. The fraction of sp³-hybridized carbons (Fsp3) is 0.583. The van der Waals surface area contributed by atoms with E-state index in [1.54, 1.807) is 0 Å². The lowest BCUT2D eigenvalue weighted by atomic mass is 10.0. The Hall–Kier alpha value is -3.14. The van der Waals surface area contributed by atoms with Gasteiger partial charge >= 0.3 is 12.1 Å². The molecular formula is C24H36N4O6. The fourth-order valence-electron chi connectivity index (χ4n) is 3.62. The van der Waals surface area contributed by atoms with Crippen LogP contribution >= 0.6 is 0 Å². The van der Waals surface area contributed by atoms with E-state index in [2.05, 4.69) is 21.3 Å². The predicted octanol–water partition coefficient (Wildman–Crippen LogP) is 1.24. The van der Waals surface area contributed by atoms with Crippen molar-refractivity contribution in [3.05, 3.63) is 35.9 Å². The van der Waals surface area contributed by atoms with Crippen molar-refractivity contribution in [1.29, 1.82) is 0 Å². The zero-order chi connectivity index (χ0) is 24.9. The zero-order valence-corrected chi connectivity index (χ0v) is 20.1. The van der Waals surface area contributed by atoms with Crippen molar-refractivity contribution in [2.45, 2.75) is 64.3 Å². The topological polar surface area (TPSA) is 135 Å². The number of alkyl carbamates (subject to hydrolysis) is 1. The third kappa shape index (κ3) is 9.01. The number of methoxy groups -OCH3 is 1. The van der Waals surface area contributed by atoms with Crippen LogP contribution in [-0.4, -0.2) is 62.2 Å². The van der Waals surface area contributed by atoms with Gasteiger partial charge in [-0.05, 0) is 43.7 Å². The van der Waals surface area contributed by atoms with Crippen molar-refractivity contribution in [3.63, 3.8) is 0 Å². The molecule has 0 radical (unpaired) electrons. The van der Waals surface area contributed by atoms with Gasteiger partial charge in [-0.25, -0.2) is 9.59 Å². The van der Waals surface area contributed by atoms with Gasteiger partial charge in [-0.15, -0.1) is 0 Å². The summed E-state index contributed by atoms with van der Waals surface area (Å²) in [4.78, 5) is 49.4. The molecule has 34 heavy (non-hydrogen) atoms. The van der Waals surface area contributed by atoms with E-state index in [1.165, 1.54) is 7.11 Å². The van der Waals surface area contributed by atoms with Crippen LogP contribution in [0.1, 0.15) is 45.1 Å². The van der Waals surface area contributed by atoms with Crippen LogP contribution in [0.4, 0.5) is 4.79 Å². The van der Waals surface area contributed by atoms with Crippen LogP contribution in [0.2, 0.25) is 0 Å². The number of esters is 1. The summed E-state index contributed by atoms with van der Waals surface area (Å²) >= 11 is 0. The summed E-state index contributed by atoms with van der Waals surface area (Å²) in [7, 11) is 1.24. The molecule has 0 saturated carbocycles. The van der Waals surface area contributed by atoms with Crippen molar-refractivity contribution in [3.8, 4) is 0 Å². The highest BCUT2D eigenvalue weighted by molar-refractivity contribution is 5.92. The molecule has 2 rings (SSSR count). The smallest absolute Gasteiger partial charge is 0.407 e. The van der Waals surface area contributed by atoms with Crippen LogP contribution in [0.15, 0.2) is 30.3 Å². The summed E-state index contributed by atoms with van der Waals surface area (Å²) in [5.74, 6) is -1.44. The first kappa shape index (κ1) is 27.1. The molecule has 0 unspecified atom stereocenters. The van der Waals surface area contributed by atoms with Gasteiger partial charge in [-0.2, -0.15) is 0 Å². The lowest BCUT2D eigenvalue weighted by Crippen LogP contribution is -2.56. The van der Waals surface area contributed by atoms with Crippen molar-refractivity contribution >= 4 is 23.9 Å². The highest BCUT2D eigenvalue weighted by Crippen LogP contribution is 2.09. The molecule has 0 bridgehead atoms. The van der Waals surface area contributed by atoms with Gasteiger partial charge in [0.1, 0.15) is 18.7 Å². The third-order valence-corrected chi connectivity index (χ3v) is 5.58. The quantitative estimate of drug-likeness (QED) is 0.263. The lowest BCUT2D eigenvalue weighted by Gasteiger charge is -2.25. The molecular weight excluding hydrogens is 440 g/mol. The van der Waals surface area contributed by atoms with E-state index in [4.69, 9.17) is 9.47 Å². The number of nitrogens with one attached hydrogen (secondary N) is 4. The first-order chi connectivity index (χ1) is 16.3. The van der Waals surface area contributed by atoms with E-state index in [9.17, 15) is 19.2 Å². The number of benzene rings is 1. The average Bonchev–Trinajstić information content (AvgIpc) is 3.38. The van der Waals surface area contributed by atoms with E-state index >= 15 is 0 Å². The maximum absolute atomic E-state index is 12.9. The lowest BCUT2D eigenvalue weighted by molar-refractivity contribution is -0.145. The van der Waals surface area contributed by atoms with Gasteiger partial charge in [0, 0.05) is 6.54 Å². The Morgan fingerprint density at radius 3 is 2.47 bits per heavy atom. The summed E-state index contributed by atoms with van der Waals surface area (Å²) in [5, 5.41) is 11.2. The molecule has 188 valence electrons. The molecule has 1 aliphatic heterocycles. The van der Waals surface area contributed by atoms with Crippen molar-refractivity contribution < 1.29 is 28.7 Å². The van der Waals surface area contributed by atoms with E-state index in [-0.39, 0.29) is 37.4 Å². The van der Waals surface area contributed by atoms with Crippen molar-refractivity contribution in [2.75, 3.05) is 20.2 Å². The molecule has 10 heteroatoms. The third-order valence-electron chi connectivity index (χ3n) is 5.58. The largest absolute Gasteiger partial charge is 0.467 e. The first-order valence-corrected chi connectivity index (χ1v) is 11.7. The zero-order valence-electron chi connectivity index (χ0n) is 20.1. The number of carbonyl (C=O) groups is 4. The average molecular weight is 477 g/mol. The second-order valence-corrected chi connectivity index (χ2v) is 8.59. The predicted molar refractivity (Wildman–Crippen MR) is 126 cm³/mol. The Labute approximate surface area is 200 Å². The normalized spacial score (nSPS) is 16.9. The Balaban J connectivity index is 1.80. The number of carbonyl (C=O) groups excluding carboxylic acids is 4. The van der Waals surface area contributed by atoms with Crippen LogP contribution in [0.3, 0.4) is 0 Å². The minimum atomic E-state index is -0.901. The number of rotatable bonds is 12. The number of ether oxygens (including phenoxy) is 2. The van der Waals surface area contributed by atoms with Crippen LogP contribution in [0, 0.1) is 5.92 Å². The van der Waals surface area contributed by atoms with E-state index in [0.717, 1.165) is 24.9 Å². The van der Waals surface area contributed by atoms with Gasteiger partial charge in [-0.3, -0.25) is 9.59 Å². The molecule has 3 amide bonds. The van der Waals surface area contributed by atoms with E-state index in [0.29, 0.717) is 6.42 Å². The number of amides is 3. The minimum Gasteiger partial charge on any atom is -0.467 e. The SMILES string of the molecule is COC(=O)[C@H](CCCNC(=O)OCc1ccccc1)NC(=O)[C@@H](NC(=O)[C@@H]1CCCN1)C(C)C. The number of hydrogen-bond donors (Lipinski definition) is 4. The molecule has 1 heterocycles. The van der Waals surface area contributed by atoms with Gasteiger partial charge in [0.05, 0.1) is 13.2 Å². The van der Waals surface area contributed by atoms with Crippen LogP contribution in [0.25, 0.3) is 0 Å².